The predicted molar refractivity (Wildman–Crippen MR) is 79.1 cm³/mol. The Hall–Kier alpha value is -1.57. The average Bonchev–Trinajstić information content (AvgIpc) is 3.09. The molecule has 1 heterocycles. The van der Waals surface area contributed by atoms with Crippen LogP contribution < -0.4 is 5.32 Å². The van der Waals surface area contributed by atoms with E-state index in [1.54, 1.807) is 0 Å². The van der Waals surface area contributed by atoms with Crippen molar-refractivity contribution in [2.75, 3.05) is 6.54 Å². The molecule has 2 fully saturated rings. The molecule has 1 saturated carbocycles. The monoisotopic (exact) mass is 291 g/mol. The molecule has 1 saturated heterocycles. The first kappa shape index (κ1) is 15.8. The number of nitriles is 1. The van der Waals surface area contributed by atoms with Gasteiger partial charge in [-0.15, -0.1) is 0 Å². The number of hydrogen-bond acceptors (Lipinski definition) is 3. The van der Waals surface area contributed by atoms with Crippen molar-refractivity contribution in [1.82, 2.24) is 10.2 Å². The molecule has 0 aromatic heterocycles. The number of nitrogens with zero attached hydrogens (tertiary/aromatic N) is 2. The van der Waals surface area contributed by atoms with Gasteiger partial charge < -0.3 is 10.2 Å². The Labute approximate surface area is 126 Å². The summed E-state index contributed by atoms with van der Waals surface area (Å²) in [5, 5.41) is 12.0. The summed E-state index contributed by atoms with van der Waals surface area (Å²) in [6.45, 7) is 8.64. The SMILES string of the molecule is CC1CCCN1C(=O)C(NC(=O)C1(C#N)CC1)C(C)(C)C. The maximum absolute atomic E-state index is 12.8. The van der Waals surface area contributed by atoms with Crippen LogP contribution in [0.15, 0.2) is 0 Å². The third-order valence-electron chi connectivity index (χ3n) is 4.62. The molecule has 1 N–H and O–H groups in total. The Morgan fingerprint density at radius 1 is 1.38 bits per heavy atom. The number of amides is 2. The Balaban J connectivity index is 2.14. The minimum Gasteiger partial charge on any atom is -0.342 e. The van der Waals surface area contributed by atoms with E-state index in [0.717, 1.165) is 19.4 Å². The molecule has 2 aliphatic rings. The molecule has 0 bridgehead atoms. The largest absolute Gasteiger partial charge is 0.342 e. The van der Waals surface area contributed by atoms with Crippen LogP contribution in [0.2, 0.25) is 0 Å². The molecular weight excluding hydrogens is 266 g/mol. The zero-order chi connectivity index (χ0) is 15.8. The van der Waals surface area contributed by atoms with Gasteiger partial charge in [0, 0.05) is 12.6 Å². The van der Waals surface area contributed by atoms with Crippen LogP contribution in [-0.4, -0.2) is 35.3 Å². The van der Waals surface area contributed by atoms with Gasteiger partial charge in [0.2, 0.25) is 11.8 Å². The van der Waals surface area contributed by atoms with Crippen molar-refractivity contribution in [3.05, 3.63) is 0 Å². The van der Waals surface area contributed by atoms with E-state index >= 15 is 0 Å². The van der Waals surface area contributed by atoms with Gasteiger partial charge >= 0.3 is 0 Å². The highest BCUT2D eigenvalue weighted by Gasteiger charge is 2.52. The van der Waals surface area contributed by atoms with E-state index in [0.29, 0.717) is 12.8 Å². The van der Waals surface area contributed by atoms with Crippen LogP contribution in [0.4, 0.5) is 0 Å². The van der Waals surface area contributed by atoms with E-state index in [1.165, 1.54) is 0 Å². The van der Waals surface area contributed by atoms with Gasteiger partial charge in [-0.2, -0.15) is 5.26 Å². The molecule has 2 amide bonds. The van der Waals surface area contributed by atoms with Crippen molar-refractivity contribution in [3.63, 3.8) is 0 Å². The minimum atomic E-state index is -0.888. The maximum Gasteiger partial charge on any atom is 0.245 e. The third kappa shape index (κ3) is 3.04. The fraction of sp³-hybridized carbons (Fsp3) is 0.812. The summed E-state index contributed by atoms with van der Waals surface area (Å²) in [6.07, 6.45) is 3.22. The lowest BCUT2D eigenvalue weighted by molar-refractivity contribution is -0.140. The van der Waals surface area contributed by atoms with E-state index in [-0.39, 0.29) is 23.3 Å². The highest BCUT2D eigenvalue weighted by Crippen LogP contribution is 2.45. The summed E-state index contributed by atoms with van der Waals surface area (Å²) in [4.78, 5) is 27.0. The van der Waals surface area contributed by atoms with Crippen LogP contribution in [-0.2, 0) is 9.59 Å². The Morgan fingerprint density at radius 2 is 2.00 bits per heavy atom. The van der Waals surface area contributed by atoms with E-state index in [4.69, 9.17) is 5.26 Å². The molecule has 0 aromatic carbocycles. The van der Waals surface area contributed by atoms with E-state index in [2.05, 4.69) is 11.4 Å². The zero-order valence-corrected chi connectivity index (χ0v) is 13.4. The molecule has 116 valence electrons. The number of carbonyl (C=O) groups is 2. The smallest absolute Gasteiger partial charge is 0.245 e. The van der Waals surface area contributed by atoms with Crippen molar-refractivity contribution in [3.8, 4) is 6.07 Å². The Morgan fingerprint density at radius 3 is 2.38 bits per heavy atom. The number of carbonyl (C=O) groups excluding carboxylic acids is 2. The van der Waals surface area contributed by atoms with Crippen molar-refractivity contribution in [2.24, 2.45) is 10.8 Å². The molecule has 5 nitrogen and oxygen atoms in total. The van der Waals surface area contributed by atoms with Gasteiger partial charge in [-0.1, -0.05) is 20.8 Å². The summed E-state index contributed by atoms with van der Waals surface area (Å²) >= 11 is 0. The molecular formula is C16H25N3O2. The second-order valence-corrected chi connectivity index (χ2v) is 7.49. The summed E-state index contributed by atoms with van der Waals surface area (Å²) < 4.78 is 0. The maximum atomic E-state index is 12.8. The molecule has 0 aromatic rings. The topological polar surface area (TPSA) is 73.2 Å². The Bertz CT molecular complexity index is 483. The molecule has 1 aliphatic carbocycles. The van der Waals surface area contributed by atoms with Crippen LogP contribution in [0.25, 0.3) is 0 Å². The van der Waals surface area contributed by atoms with E-state index < -0.39 is 11.5 Å². The highest BCUT2D eigenvalue weighted by atomic mass is 16.2. The van der Waals surface area contributed by atoms with Gasteiger partial charge in [0.25, 0.3) is 0 Å². The number of nitrogens with one attached hydrogen (secondary N) is 1. The van der Waals surface area contributed by atoms with Crippen molar-refractivity contribution >= 4 is 11.8 Å². The highest BCUT2D eigenvalue weighted by molar-refractivity contribution is 5.93. The standard InChI is InChI=1S/C16H25N3O2/c1-11-6-5-9-19(11)13(20)12(15(2,3)4)18-14(21)16(10-17)7-8-16/h11-12H,5-9H2,1-4H3,(H,18,21). The van der Waals surface area contributed by atoms with Gasteiger partial charge in [-0.05, 0) is 38.0 Å². The third-order valence-corrected chi connectivity index (χ3v) is 4.62. The van der Waals surface area contributed by atoms with Gasteiger partial charge in [0.15, 0.2) is 0 Å². The number of likely N-dealkylation sites (tertiary alicyclic amines) is 1. The fourth-order valence-electron chi connectivity index (χ4n) is 2.86. The summed E-state index contributed by atoms with van der Waals surface area (Å²) in [5.41, 5.74) is -1.26. The fourth-order valence-corrected chi connectivity index (χ4v) is 2.86. The molecule has 21 heavy (non-hydrogen) atoms. The number of rotatable bonds is 3. The first-order chi connectivity index (χ1) is 9.71. The molecule has 5 heteroatoms. The molecule has 2 atom stereocenters. The molecule has 2 unspecified atom stereocenters. The van der Waals surface area contributed by atoms with Crippen LogP contribution in [0, 0.1) is 22.2 Å². The van der Waals surface area contributed by atoms with E-state index in [9.17, 15) is 9.59 Å². The normalized spacial score (nSPS) is 25.1. The van der Waals surface area contributed by atoms with Gasteiger partial charge in [-0.3, -0.25) is 9.59 Å². The Kier molecular flexibility index (Phi) is 4.01. The van der Waals surface area contributed by atoms with Crippen molar-refractivity contribution in [1.29, 1.82) is 5.26 Å². The summed E-state index contributed by atoms with van der Waals surface area (Å²) in [7, 11) is 0. The lowest BCUT2D eigenvalue weighted by atomic mass is 9.85. The first-order valence-electron chi connectivity index (χ1n) is 7.74. The van der Waals surface area contributed by atoms with Crippen molar-refractivity contribution < 1.29 is 9.59 Å². The predicted octanol–water partition coefficient (Wildman–Crippen LogP) is 1.83. The second kappa shape index (κ2) is 5.32. The molecule has 0 radical (unpaired) electrons. The lowest BCUT2D eigenvalue weighted by Gasteiger charge is -2.35. The lowest BCUT2D eigenvalue weighted by Crippen LogP contribution is -2.56. The number of hydrogen-bond donors (Lipinski definition) is 1. The molecule has 1 aliphatic heterocycles. The van der Waals surface area contributed by atoms with Crippen LogP contribution in [0.5, 0.6) is 0 Å². The van der Waals surface area contributed by atoms with Crippen LogP contribution in [0.1, 0.15) is 53.4 Å². The second-order valence-electron chi connectivity index (χ2n) is 7.49. The zero-order valence-electron chi connectivity index (χ0n) is 13.4. The van der Waals surface area contributed by atoms with Gasteiger partial charge in [0.05, 0.1) is 6.07 Å². The quantitative estimate of drug-likeness (QED) is 0.862. The molecule has 0 spiro atoms. The summed E-state index contributed by atoms with van der Waals surface area (Å²) in [5.74, 6) is -0.306. The average molecular weight is 291 g/mol. The van der Waals surface area contributed by atoms with Gasteiger partial charge in [-0.25, -0.2) is 0 Å². The van der Waals surface area contributed by atoms with Crippen molar-refractivity contribution in [2.45, 2.75) is 65.5 Å². The van der Waals surface area contributed by atoms with Gasteiger partial charge in [0.1, 0.15) is 11.5 Å². The minimum absolute atomic E-state index is 0.0189. The molecule has 2 rings (SSSR count). The van der Waals surface area contributed by atoms with Crippen LogP contribution >= 0.6 is 0 Å². The summed E-state index contributed by atoms with van der Waals surface area (Å²) in [6, 6.07) is 1.74. The van der Waals surface area contributed by atoms with E-state index in [1.807, 2.05) is 32.6 Å². The van der Waals surface area contributed by atoms with Crippen LogP contribution in [0.3, 0.4) is 0 Å². The first-order valence-corrected chi connectivity index (χ1v) is 7.74.